The first-order valence-corrected chi connectivity index (χ1v) is 1.70. The highest BCUT2D eigenvalue weighted by atomic mass is 16.1. The monoisotopic (exact) mass is 112 g/mol. The predicted molar refractivity (Wildman–Crippen MR) is 25.4 cm³/mol. The van der Waals surface area contributed by atoms with E-state index < -0.39 is 5.96 Å². The Morgan fingerprint density at radius 3 is 2.50 bits per heavy atom. The van der Waals surface area contributed by atoms with Crippen molar-refractivity contribution in [2.75, 3.05) is 0 Å². The van der Waals surface area contributed by atoms with E-state index in [9.17, 15) is 4.79 Å². The van der Waals surface area contributed by atoms with E-state index in [0.29, 0.717) is 4.90 Å². The summed E-state index contributed by atoms with van der Waals surface area (Å²) in [5.74, 6) is -0.567. The smallest absolute Gasteiger partial charge is 0.229 e. The van der Waals surface area contributed by atoms with Gasteiger partial charge in [0.2, 0.25) is 12.4 Å². The van der Waals surface area contributed by atoms with Gasteiger partial charge in [-0.2, -0.15) is 10.2 Å². The Kier molecular flexibility index (Phi) is 2.07. The van der Waals surface area contributed by atoms with Gasteiger partial charge >= 0.3 is 0 Å². The molecule has 3 N–H and O–H groups in total. The van der Waals surface area contributed by atoms with Crippen LogP contribution in [-0.2, 0) is 4.79 Å². The summed E-state index contributed by atoms with van der Waals surface area (Å²) in [6.45, 7) is 0. The Labute approximate surface area is 45.8 Å². The summed E-state index contributed by atoms with van der Waals surface area (Å²) in [6.07, 6.45) is 1.54. The topological polar surface area (TPSA) is 94.0 Å². The average molecular weight is 112 g/mol. The van der Waals surface area contributed by atoms with Crippen LogP contribution in [0, 0.1) is 16.9 Å². The first-order valence-electron chi connectivity index (χ1n) is 1.70. The maximum atomic E-state index is 9.66. The standard InChI is InChI=1S/C3H4N4O/c4-1-7(2-8)3(5)6/h2H,(H3,5,6). The van der Waals surface area contributed by atoms with Gasteiger partial charge in [-0.3, -0.25) is 10.2 Å². The summed E-state index contributed by atoms with van der Waals surface area (Å²) in [5.41, 5.74) is 4.71. The minimum Gasteiger partial charge on any atom is -0.369 e. The molecule has 8 heavy (non-hydrogen) atoms. The molecule has 0 rings (SSSR count). The second-order valence-electron chi connectivity index (χ2n) is 0.961. The molecule has 0 aromatic rings. The van der Waals surface area contributed by atoms with E-state index >= 15 is 0 Å². The fraction of sp³-hybridized carbons (Fsp3) is 0. The SMILES string of the molecule is N#CN(C=O)C(=N)N. The summed E-state index contributed by atoms with van der Waals surface area (Å²) in [7, 11) is 0. The average Bonchev–Trinajstić information content (AvgIpc) is 1.69. The molecule has 0 saturated carbocycles. The number of guanidine groups is 1. The molecule has 0 fully saturated rings. The van der Waals surface area contributed by atoms with Crippen LogP contribution in [0.15, 0.2) is 0 Å². The fourth-order valence-electron chi connectivity index (χ4n) is 0.134. The molecular weight excluding hydrogens is 108 g/mol. The fourth-order valence-corrected chi connectivity index (χ4v) is 0.134. The minimum absolute atomic E-state index is 0.169. The summed E-state index contributed by atoms with van der Waals surface area (Å²) < 4.78 is 0. The van der Waals surface area contributed by atoms with Gasteiger partial charge in [0.25, 0.3) is 0 Å². The zero-order chi connectivity index (χ0) is 6.57. The first-order chi connectivity index (χ1) is 3.72. The lowest BCUT2D eigenvalue weighted by Gasteiger charge is -1.99. The van der Waals surface area contributed by atoms with Crippen LogP contribution in [0.5, 0.6) is 0 Å². The quantitative estimate of drug-likeness (QED) is 0.147. The zero-order valence-electron chi connectivity index (χ0n) is 3.96. The van der Waals surface area contributed by atoms with Crippen LogP contribution < -0.4 is 5.73 Å². The van der Waals surface area contributed by atoms with Gasteiger partial charge in [0.15, 0.2) is 6.19 Å². The van der Waals surface area contributed by atoms with Crippen LogP contribution >= 0.6 is 0 Å². The Morgan fingerprint density at radius 1 is 2.00 bits per heavy atom. The number of amides is 1. The van der Waals surface area contributed by atoms with E-state index in [-0.39, 0.29) is 6.41 Å². The van der Waals surface area contributed by atoms with Crippen molar-refractivity contribution >= 4 is 12.4 Å². The third kappa shape index (κ3) is 1.26. The van der Waals surface area contributed by atoms with Gasteiger partial charge in [-0.05, 0) is 0 Å². The van der Waals surface area contributed by atoms with E-state index in [1.54, 1.807) is 0 Å². The van der Waals surface area contributed by atoms with Crippen molar-refractivity contribution in [3.05, 3.63) is 0 Å². The number of carbonyl (C=O) groups is 1. The molecular formula is C3H4N4O. The number of hydrogen-bond acceptors (Lipinski definition) is 3. The second-order valence-corrected chi connectivity index (χ2v) is 0.961. The Morgan fingerprint density at radius 2 is 2.50 bits per heavy atom. The van der Waals surface area contributed by atoms with Crippen molar-refractivity contribution in [2.24, 2.45) is 5.73 Å². The largest absolute Gasteiger partial charge is 0.369 e. The molecule has 1 amide bonds. The molecule has 0 saturated heterocycles. The van der Waals surface area contributed by atoms with E-state index in [0.717, 1.165) is 0 Å². The predicted octanol–water partition coefficient (Wildman–Crippen LogP) is -1.18. The molecule has 0 radical (unpaired) electrons. The van der Waals surface area contributed by atoms with Gasteiger partial charge < -0.3 is 5.73 Å². The van der Waals surface area contributed by atoms with Gasteiger partial charge in [-0.25, -0.2) is 0 Å². The number of nitrogens with two attached hydrogens (primary N) is 1. The highest BCUT2D eigenvalue weighted by molar-refractivity contribution is 5.86. The maximum absolute atomic E-state index is 9.66. The molecule has 0 heterocycles. The zero-order valence-corrected chi connectivity index (χ0v) is 3.96. The molecule has 5 nitrogen and oxygen atoms in total. The van der Waals surface area contributed by atoms with Crippen molar-refractivity contribution < 1.29 is 4.79 Å². The summed E-state index contributed by atoms with van der Waals surface area (Å²) in [4.78, 5) is 10.1. The lowest BCUT2D eigenvalue weighted by Crippen LogP contribution is -2.30. The molecule has 0 aromatic carbocycles. The minimum atomic E-state index is -0.567. The van der Waals surface area contributed by atoms with Crippen LogP contribution in [0.25, 0.3) is 0 Å². The molecule has 0 bridgehead atoms. The van der Waals surface area contributed by atoms with E-state index in [2.05, 4.69) is 0 Å². The lowest BCUT2D eigenvalue weighted by molar-refractivity contribution is -0.113. The van der Waals surface area contributed by atoms with Crippen molar-refractivity contribution in [1.29, 1.82) is 10.7 Å². The molecule has 0 unspecified atom stereocenters. The van der Waals surface area contributed by atoms with Gasteiger partial charge in [0, 0.05) is 0 Å². The Bertz CT molecular complexity index is 146. The highest BCUT2D eigenvalue weighted by Crippen LogP contribution is 1.70. The number of nitrogens with one attached hydrogen (secondary N) is 1. The molecule has 0 aromatic heterocycles. The van der Waals surface area contributed by atoms with Gasteiger partial charge in [0.1, 0.15) is 0 Å². The lowest BCUT2D eigenvalue weighted by atomic mass is 10.8. The van der Waals surface area contributed by atoms with Crippen molar-refractivity contribution in [3.63, 3.8) is 0 Å². The van der Waals surface area contributed by atoms with E-state index in [1.807, 2.05) is 0 Å². The van der Waals surface area contributed by atoms with Crippen molar-refractivity contribution in [1.82, 2.24) is 4.90 Å². The van der Waals surface area contributed by atoms with Gasteiger partial charge in [0.05, 0.1) is 0 Å². The maximum Gasteiger partial charge on any atom is 0.229 e. The molecule has 5 heteroatoms. The molecule has 0 aliphatic heterocycles. The van der Waals surface area contributed by atoms with Crippen LogP contribution in [0.2, 0.25) is 0 Å². The van der Waals surface area contributed by atoms with Crippen LogP contribution in [-0.4, -0.2) is 17.3 Å². The molecule has 0 spiro atoms. The first kappa shape index (κ1) is 6.43. The number of carbonyl (C=O) groups excluding carboxylic acids is 1. The van der Waals surface area contributed by atoms with Crippen LogP contribution in [0.3, 0.4) is 0 Å². The Balaban J connectivity index is 3.95. The normalized spacial score (nSPS) is 6.88. The summed E-state index contributed by atoms with van der Waals surface area (Å²) in [5, 5.41) is 14.4. The summed E-state index contributed by atoms with van der Waals surface area (Å²) >= 11 is 0. The third-order valence-corrected chi connectivity index (χ3v) is 0.473. The van der Waals surface area contributed by atoms with Gasteiger partial charge in [-0.15, -0.1) is 0 Å². The highest BCUT2D eigenvalue weighted by Gasteiger charge is 1.98. The number of nitriles is 1. The number of hydrogen-bond donors (Lipinski definition) is 2. The summed E-state index contributed by atoms with van der Waals surface area (Å²) in [6, 6.07) is 0. The number of nitrogens with zero attached hydrogens (tertiary/aromatic N) is 2. The molecule has 42 valence electrons. The van der Waals surface area contributed by atoms with E-state index in [4.69, 9.17) is 16.4 Å². The molecule has 0 atom stereocenters. The van der Waals surface area contributed by atoms with Gasteiger partial charge in [-0.1, -0.05) is 0 Å². The van der Waals surface area contributed by atoms with E-state index in [1.165, 1.54) is 6.19 Å². The third-order valence-electron chi connectivity index (χ3n) is 0.473. The van der Waals surface area contributed by atoms with Crippen molar-refractivity contribution in [3.8, 4) is 6.19 Å². The van der Waals surface area contributed by atoms with Crippen LogP contribution in [0.4, 0.5) is 0 Å². The Hall–Kier alpha value is -1.57. The second kappa shape index (κ2) is 2.58. The molecule has 0 aliphatic rings. The van der Waals surface area contributed by atoms with Crippen molar-refractivity contribution in [2.45, 2.75) is 0 Å². The van der Waals surface area contributed by atoms with Crippen LogP contribution in [0.1, 0.15) is 0 Å². The molecule has 0 aliphatic carbocycles. The number of rotatable bonds is 1.